The van der Waals surface area contributed by atoms with Gasteiger partial charge in [-0.15, -0.1) is 0 Å². The van der Waals surface area contributed by atoms with Gasteiger partial charge in [-0.3, -0.25) is 4.79 Å². The minimum Gasteiger partial charge on any atom is -0.465 e. The molecule has 27 heavy (non-hydrogen) atoms. The van der Waals surface area contributed by atoms with Gasteiger partial charge < -0.3 is 10.1 Å². The number of carbonyl (C=O) groups is 2. The molecule has 144 valence electrons. The van der Waals surface area contributed by atoms with E-state index < -0.39 is 16.0 Å². The Labute approximate surface area is 158 Å². The van der Waals surface area contributed by atoms with E-state index in [1.54, 1.807) is 37.3 Å². The fourth-order valence-electron chi connectivity index (χ4n) is 2.44. The Morgan fingerprint density at radius 3 is 2.52 bits per heavy atom. The molecule has 0 heterocycles. The van der Waals surface area contributed by atoms with Gasteiger partial charge in [0.25, 0.3) is 0 Å². The zero-order valence-corrected chi connectivity index (χ0v) is 16.2. The third kappa shape index (κ3) is 5.63. The largest absolute Gasteiger partial charge is 0.465 e. The first-order chi connectivity index (χ1) is 12.7. The van der Waals surface area contributed by atoms with E-state index >= 15 is 0 Å². The number of anilines is 1. The predicted molar refractivity (Wildman–Crippen MR) is 102 cm³/mol. The van der Waals surface area contributed by atoms with Gasteiger partial charge in [-0.05, 0) is 49.2 Å². The molecule has 0 radical (unpaired) electrons. The van der Waals surface area contributed by atoms with Crippen LogP contribution < -0.4 is 10.0 Å². The molecule has 2 aromatic rings. The van der Waals surface area contributed by atoms with Crippen molar-refractivity contribution in [1.82, 2.24) is 4.72 Å². The van der Waals surface area contributed by atoms with E-state index in [1.165, 1.54) is 13.2 Å². The van der Waals surface area contributed by atoms with Crippen LogP contribution in [0.25, 0.3) is 0 Å². The normalized spacial score (nSPS) is 11.1. The number of methoxy groups -OCH3 is 1. The number of esters is 1. The van der Waals surface area contributed by atoms with Crippen LogP contribution in [0.15, 0.2) is 47.4 Å². The van der Waals surface area contributed by atoms with Gasteiger partial charge in [0.05, 0.1) is 17.6 Å². The van der Waals surface area contributed by atoms with Crippen molar-refractivity contribution in [3.8, 4) is 0 Å². The van der Waals surface area contributed by atoms with E-state index in [-0.39, 0.29) is 23.8 Å². The molecule has 0 unspecified atom stereocenters. The van der Waals surface area contributed by atoms with Crippen molar-refractivity contribution in [2.75, 3.05) is 19.0 Å². The number of nitrogens with one attached hydrogen (secondary N) is 2. The van der Waals surface area contributed by atoms with Gasteiger partial charge in [0.15, 0.2) is 0 Å². The third-order valence-corrected chi connectivity index (χ3v) is 5.45. The first kappa shape index (κ1) is 20.6. The first-order valence-electron chi connectivity index (χ1n) is 8.28. The van der Waals surface area contributed by atoms with Crippen LogP contribution in [0.4, 0.5) is 5.69 Å². The maximum absolute atomic E-state index is 12.4. The van der Waals surface area contributed by atoms with Crippen LogP contribution in [0.1, 0.15) is 27.9 Å². The second kappa shape index (κ2) is 8.79. The first-order valence-corrected chi connectivity index (χ1v) is 9.76. The molecule has 0 spiro atoms. The van der Waals surface area contributed by atoms with Gasteiger partial charge >= 0.3 is 5.97 Å². The molecule has 2 aromatic carbocycles. The standard InChI is InChI=1S/C19H22N2O5S/c1-13-7-8-14(2)17(11-13)27(24,25)20-10-9-18(22)21-16-6-4-5-15(12-16)19(23)26-3/h4-8,11-12,20H,9-10H2,1-3H3,(H,21,22). The van der Waals surface area contributed by atoms with Crippen LogP contribution in [0, 0.1) is 13.8 Å². The monoisotopic (exact) mass is 390 g/mol. The molecule has 0 aliphatic rings. The maximum atomic E-state index is 12.4. The van der Waals surface area contributed by atoms with Crippen molar-refractivity contribution in [1.29, 1.82) is 0 Å². The molecule has 2 N–H and O–H groups in total. The molecule has 0 aliphatic heterocycles. The van der Waals surface area contributed by atoms with Gasteiger partial charge in [0.2, 0.25) is 15.9 Å². The summed E-state index contributed by atoms with van der Waals surface area (Å²) >= 11 is 0. The molecule has 0 aromatic heterocycles. The zero-order valence-electron chi connectivity index (χ0n) is 15.4. The van der Waals surface area contributed by atoms with Gasteiger partial charge in [-0.25, -0.2) is 17.9 Å². The lowest BCUT2D eigenvalue weighted by Crippen LogP contribution is -2.28. The van der Waals surface area contributed by atoms with Crippen molar-refractivity contribution in [2.24, 2.45) is 0 Å². The number of hydrogen-bond donors (Lipinski definition) is 2. The summed E-state index contributed by atoms with van der Waals surface area (Å²) in [6, 6.07) is 11.5. The quantitative estimate of drug-likeness (QED) is 0.707. The topological polar surface area (TPSA) is 102 Å². The second-order valence-corrected chi connectivity index (χ2v) is 7.77. The summed E-state index contributed by atoms with van der Waals surface area (Å²) < 4.78 is 31.9. The summed E-state index contributed by atoms with van der Waals surface area (Å²) in [4.78, 5) is 23.8. The number of aryl methyl sites for hydroxylation is 2. The maximum Gasteiger partial charge on any atom is 0.337 e. The molecule has 1 amide bonds. The molecule has 0 saturated heterocycles. The molecule has 2 rings (SSSR count). The van der Waals surface area contributed by atoms with E-state index in [1.807, 2.05) is 13.0 Å². The lowest BCUT2D eigenvalue weighted by atomic mass is 10.2. The van der Waals surface area contributed by atoms with Gasteiger partial charge in [-0.2, -0.15) is 0 Å². The Balaban J connectivity index is 1.94. The van der Waals surface area contributed by atoms with E-state index in [4.69, 9.17) is 0 Å². The Kier molecular flexibility index (Phi) is 6.70. The molecule has 0 saturated carbocycles. The van der Waals surface area contributed by atoms with Crippen LogP contribution in [0.5, 0.6) is 0 Å². The molecule has 0 bridgehead atoms. The van der Waals surface area contributed by atoms with Crippen LogP contribution in [0.3, 0.4) is 0 Å². The molecule has 0 aliphatic carbocycles. The molecule has 8 heteroatoms. The van der Waals surface area contributed by atoms with E-state index in [0.717, 1.165) is 5.56 Å². The predicted octanol–water partition coefficient (Wildman–Crippen LogP) is 2.40. The Bertz CT molecular complexity index is 954. The van der Waals surface area contributed by atoms with Crippen molar-refractivity contribution in [3.05, 3.63) is 59.2 Å². The smallest absolute Gasteiger partial charge is 0.337 e. The van der Waals surface area contributed by atoms with E-state index in [0.29, 0.717) is 16.8 Å². The molecule has 0 fully saturated rings. The summed E-state index contributed by atoms with van der Waals surface area (Å²) in [7, 11) is -2.42. The van der Waals surface area contributed by atoms with Gasteiger partial charge in [0.1, 0.15) is 0 Å². The highest BCUT2D eigenvalue weighted by Crippen LogP contribution is 2.16. The molecular formula is C19H22N2O5S. The SMILES string of the molecule is COC(=O)c1cccc(NC(=O)CCNS(=O)(=O)c2cc(C)ccc2C)c1. The van der Waals surface area contributed by atoms with Gasteiger partial charge in [0, 0.05) is 18.7 Å². The highest BCUT2D eigenvalue weighted by Gasteiger charge is 2.17. The number of sulfonamides is 1. The van der Waals surface area contributed by atoms with Crippen LogP contribution in [-0.4, -0.2) is 33.9 Å². The van der Waals surface area contributed by atoms with Crippen molar-refractivity contribution in [3.63, 3.8) is 0 Å². The molecule has 0 atom stereocenters. The Hall–Kier alpha value is -2.71. The number of rotatable bonds is 7. The molecule has 7 nitrogen and oxygen atoms in total. The summed E-state index contributed by atoms with van der Waals surface area (Å²) in [5.74, 6) is -0.881. The molecular weight excluding hydrogens is 368 g/mol. The van der Waals surface area contributed by atoms with Gasteiger partial charge in [-0.1, -0.05) is 18.2 Å². The lowest BCUT2D eigenvalue weighted by Gasteiger charge is -2.10. The summed E-state index contributed by atoms with van der Waals surface area (Å²) in [6.45, 7) is 3.49. The fourth-order valence-corrected chi connectivity index (χ4v) is 3.80. The highest BCUT2D eigenvalue weighted by molar-refractivity contribution is 7.89. The van der Waals surface area contributed by atoms with Crippen molar-refractivity contribution >= 4 is 27.6 Å². The summed E-state index contributed by atoms with van der Waals surface area (Å²) in [5.41, 5.74) is 2.22. The second-order valence-electron chi connectivity index (χ2n) is 6.04. The Morgan fingerprint density at radius 2 is 1.81 bits per heavy atom. The number of carbonyl (C=O) groups excluding carboxylic acids is 2. The Morgan fingerprint density at radius 1 is 1.07 bits per heavy atom. The van der Waals surface area contributed by atoms with Crippen LogP contribution >= 0.6 is 0 Å². The summed E-state index contributed by atoms with van der Waals surface area (Å²) in [5, 5.41) is 2.63. The van der Waals surface area contributed by atoms with E-state index in [9.17, 15) is 18.0 Å². The van der Waals surface area contributed by atoms with Crippen LogP contribution in [-0.2, 0) is 19.6 Å². The minimum atomic E-state index is -3.69. The number of benzene rings is 2. The average molecular weight is 390 g/mol. The van der Waals surface area contributed by atoms with Crippen molar-refractivity contribution < 1.29 is 22.7 Å². The number of ether oxygens (including phenoxy) is 1. The summed E-state index contributed by atoms with van der Waals surface area (Å²) in [6.07, 6.45) is -0.0491. The van der Waals surface area contributed by atoms with Crippen molar-refractivity contribution in [2.45, 2.75) is 25.2 Å². The number of hydrogen-bond acceptors (Lipinski definition) is 5. The lowest BCUT2D eigenvalue weighted by molar-refractivity contribution is -0.116. The van der Waals surface area contributed by atoms with Crippen LogP contribution in [0.2, 0.25) is 0 Å². The zero-order chi connectivity index (χ0) is 20.0. The average Bonchev–Trinajstić information content (AvgIpc) is 2.63. The minimum absolute atomic E-state index is 0.0434. The number of amides is 1. The highest BCUT2D eigenvalue weighted by atomic mass is 32.2. The fraction of sp³-hybridized carbons (Fsp3) is 0.263. The third-order valence-electron chi connectivity index (χ3n) is 3.84. The van der Waals surface area contributed by atoms with E-state index in [2.05, 4.69) is 14.8 Å².